The normalized spacial score (nSPS) is 12.3. The van der Waals surface area contributed by atoms with E-state index in [1.165, 1.54) is 36.6 Å². The van der Waals surface area contributed by atoms with E-state index in [4.69, 9.17) is 5.11 Å². The van der Waals surface area contributed by atoms with Crippen molar-refractivity contribution in [3.05, 3.63) is 70.7 Å². The zero-order valence-corrected chi connectivity index (χ0v) is 26.7. The molecule has 262 valence electrons. The third-order valence-corrected chi connectivity index (χ3v) is 7.57. The molecule has 49 heavy (non-hydrogen) atoms. The fourth-order valence-corrected chi connectivity index (χ4v) is 5.15. The molecule has 3 aromatic rings. The number of thiazole rings is 1. The van der Waals surface area contributed by atoms with E-state index in [0.29, 0.717) is 12.0 Å². The van der Waals surface area contributed by atoms with Gasteiger partial charge in [-0.25, -0.2) is 9.78 Å². The topological polar surface area (TPSA) is 216 Å². The number of carboxylic acids is 1. The van der Waals surface area contributed by atoms with Crippen molar-refractivity contribution < 1.29 is 52.2 Å². The van der Waals surface area contributed by atoms with Gasteiger partial charge in [0.1, 0.15) is 16.7 Å². The Balaban J connectivity index is 1.53. The van der Waals surface area contributed by atoms with E-state index >= 15 is 0 Å². The Kier molecular flexibility index (Phi) is 13.8. The largest absolute Gasteiger partial charge is 0.474 e. The van der Waals surface area contributed by atoms with Gasteiger partial charge < -0.3 is 36.8 Å². The van der Waals surface area contributed by atoms with Crippen LogP contribution in [0.1, 0.15) is 41.4 Å². The summed E-state index contributed by atoms with van der Waals surface area (Å²) in [6, 6.07) is 8.52. The van der Waals surface area contributed by atoms with E-state index in [9.17, 15) is 47.0 Å². The molecule has 7 N–H and O–H groups in total. The Labute approximate surface area is 281 Å². The maximum Gasteiger partial charge on any atom is 0.416 e. The van der Waals surface area contributed by atoms with Gasteiger partial charge in [-0.05, 0) is 42.7 Å². The lowest BCUT2D eigenvalue weighted by atomic mass is 10.0. The summed E-state index contributed by atoms with van der Waals surface area (Å²) in [4.78, 5) is 75.7. The standard InChI is InChI=1S/C31H33F3N6O8S/c1-17(42)37-23(15-41)27(45)39-22(12-18-6-8-21(9-7-18)38-28(46)30(47)48)14-25(43)35-10-3-11-36-26(44)24-16-49-29(40-24)19-4-2-5-20(13-19)31(32,33)34/h2,4-9,13,16,22-23,41H,3,10-12,14-15H2,1H3,(H,35,43)(H,36,44)(H,37,42)(H,38,46)(H,39,45)(H,47,48)/t22-,23-/m0/s1. The van der Waals surface area contributed by atoms with Gasteiger partial charge in [-0.2, -0.15) is 13.2 Å². The summed E-state index contributed by atoms with van der Waals surface area (Å²) in [7, 11) is 0. The minimum atomic E-state index is -4.52. The number of halogens is 3. The number of carbonyl (C=O) groups is 6. The summed E-state index contributed by atoms with van der Waals surface area (Å²) in [5.41, 5.74) is 0.226. The first-order valence-corrected chi connectivity index (χ1v) is 15.5. The highest BCUT2D eigenvalue weighted by molar-refractivity contribution is 7.13. The van der Waals surface area contributed by atoms with Crippen molar-refractivity contribution in [1.82, 2.24) is 26.3 Å². The number of nitrogens with one attached hydrogen (secondary N) is 5. The van der Waals surface area contributed by atoms with Crippen LogP contribution in [0.15, 0.2) is 53.9 Å². The first-order valence-electron chi connectivity index (χ1n) is 14.7. The average molecular weight is 707 g/mol. The van der Waals surface area contributed by atoms with Crippen molar-refractivity contribution in [3.63, 3.8) is 0 Å². The maximum absolute atomic E-state index is 13.0. The first kappa shape index (κ1) is 38.1. The van der Waals surface area contributed by atoms with Gasteiger partial charge in [0.25, 0.3) is 5.91 Å². The number of carbonyl (C=O) groups excluding carboxylic acids is 5. The Hall–Kier alpha value is -5.36. The van der Waals surface area contributed by atoms with Gasteiger partial charge in [-0.1, -0.05) is 24.3 Å². The van der Waals surface area contributed by atoms with Gasteiger partial charge in [0.05, 0.1) is 12.2 Å². The Morgan fingerprint density at radius 1 is 0.959 bits per heavy atom. The van der Waals surface area contributed by atoms with Crippen LogP contribution >= 0.6 is 11.3 Å². The number of nitrogens with zero attached hydrogens (tertiary/aromatic N) is 1. The summed E-state index contributed by atoms with van der Waals surface area (Å²) in [6.45, 7) is 0.745. The van der Waals surface area contributed by atoms with Gasteiger partial charge in [0.15, 0.2) is 0 Å². The third kappa shape index (κ3) is 12.3. The molecule has 0 radical (unpaired) electrons. The number of aromatic nitrogens is 1. The SMILES string of the molecule is CC(=O)N[C@@H](CO)C(=O)N[C@H](CC(=O)NCCCNC(=O)c1csc(-c2cccc(C(F)(F)F)c2)n1)Cc1ccc(NC(=O)C(=O)O)cc1. The van der Waals surface area contributed by atoms with Crippen molar-refractivity contribution in [1.29, 1.82) is 0 Å². The van der Waals surface area contributed by atoms with Gasteiger partial charge in [-0.15, -0.1) is 11.3 Å². The van der Waals surface area contributed by atoms with Crippen molar-refractivity contribution in [2.45, 2.75) is 44.4 Å². The van der Waals surface area contributed by atoms with Crippen LogP contribution in [-0.4, -0.2) is 82.5 Å². The number of alkyl halides is 3. The summed E-state index contributed by atoms with van der Waals surface area (Å²) in [5, 5.41) is 32.4. The molecule has 1 heterocycles. The molecule has 0 aliphatic heterocycles. The van der Waals surface area contributed by atoms with Crippen molar-refractivity contribution in [3.8, 4) is 10.6 Å². The second kappa shape index (κ2) is 17.7. The molecule has 0 spiro atoms. The summed E-state index contributed by atoms with van der Waals surface area (Å²) < 4.78 is 39.1. The zero-order valence-electron chi connectivity index (χ0n) is 25.9. The van der Waals surface area contributed by atoms with Gasteiger partial charge >= 0.3 is 18.1 Å². The molecule has 0 fully saturated rings. The average Bonchev–Trinajstić information content (AvgIpc) is 3.54. The lowest BCUT2D eigenvalue weighted by Crippen LogP contribution is -2.52. The molecule has 0 saturated carbocycles. The molecule has 0 aliphatic carbocycles. The molecule has 2 aromatic carbocycles. The molecule has 3 rings (SSSR count). The van der Waals surface area contributed by atoms with Gasteiger partial charge in [0.2, 0.25) is 17.7 Å². The zero-order chi connectivity index (χ0) is 36.1. The fourth-order valence-electron chi connectivity index (χ4n) is 4.35. The number of amides is 5. The van der Waals surface area contributed by atoms with Crippen LogP contribution in [-0.2, 0) is 36.6 Å². The number of aliphatic carboxylic acids is 1. The van der Waals surface area contributed by atoms with Crippen LogP contribution in [0.25, 0.3) is 10.6 Å². The second-order valence-electron chi connectivity index (χ2n) is 10.6. The highest BCUT2D eigenvalue weighted by Crippen LogP contribution is 2.33. The summed E-state index contributed by atoms with van der Waals surface area (Å²) >= 11 is 1.02. The van der Waals surface area contributed by atoms with Crippen LogP contribution in [0, 0.1) is 0 Å². The Morgan fingerprint density at radius 3 is 2.29 bits per heavy atom. The maximum atomic E-state index is 13.0. The van der Waals surface area contributed by atoms with E-state index < -0.39 is 65.9 Å². The minimum Gasteiger partial charge on any atom is -0.474 e. The van der Waals surface area contributed by atoms with E-state index in [0.717, 1.165) is 23.5 Å². The van der Waals surface area contributed by atoms with Crippen LogP contribution in [0.3, 0.4) is 0 Å². The number of anilines is 1. The molecule has 0 saturated heterocycles. The fraction of sp³-hybridized carbons (Fsp3) is 0.323. The van der Waals surface area contributed by atoms with Crippen LogP contribution in [0.5, 0.6) is 0 Å². The highest BCUT2D eigenvalue weighted by Gasteiger charge is 2.31. The number of carboxylic acid groups (broad SMARTS) is 1. The second-order valence-corrected chi connectivity index (χ2v) is 11.4. The Morgan fingerprint density at radius 2 is 1.65 bits per heavy atom. The predicted molar refractivity (Wildman–Crippen MR) is 170 cm³/mol. The van der Waals surface area contributed by atoms with Crippen LogP contribution < -0.4 is 26.6 Å². The lowest BCUT2D eigenvalue weighted by molar-refractivity contribution is -0.147. The van der Waals surface area contributed by atoms with Crippen molar-refractivity contribution in [2.24, 2.45) is 0 Å². The first-order chi connectivity index (χ1) is 23.2. The molecular formula is C31H33F3N6O8S. The van der Waals surface area contributed by atoms with Crippen molar-refractivity contribution >= 4 is 52.5 Å². The van der Waals surface area contributed by atoms with Gasteiger partial charge in [-0.3, -0.25) is 24.0 Å². The van der Waals surface area contributed by atoms with E-state index in [1.54, 1.807) is 12.1 Å². The molecule has 2 atom stereocenters. The number of aliphatic hydroxyl groups excluding tert-OH is 1. The number of aliphatic hydroxyl groups is 1. The minimum absolute atomic E-state index is 0.0257. The molecule has 0 unspecified atom stereocenters. The quantitative estimate of drug-likeness (QED) is 0.0903. The molecule has 0 aliphatic rings. The lowest BCUT2D eigenvalue weighted by Gasteiger charge is -2.22. The summed E-state index contributed by atoms with van der Waals surface area (Å²) in [5.74, 6) is -5.19. The number of hydrogen-bond donors (Lipinski definition) is 7. The molecular weight excluding hydrogens is 673 g/mol. The highest BCUT2D eigenvalue weighted by atomic mass is 32.1. The molecule has 14 nitrogen and oxygen atoms in total. The van der Waals surface area contributed by atoms with Gasteiger partial charge in [0, 0.05) is 49.1 Å². The van der Waals surface area contributed by atoms with E-state index in [-0.39, 0.29) is 47.9 Å². The monoisotopic (exact) mass is 706 g/mol. The number of hydrogen-bond acceptors (Lipinski definition) is 9. The van der Waals surface area contributed by atoms with E-state index in [2.05, 4.69) is 31.6 Å². The Bertz CT molecular complexity index is 1670. The van der Waals surface area contributed by atoms with Crippen molar-refractivity contribution in [2.75, 3.05) is 25.0 Å². The third-order valence-electron chi connectivity index (χ3n) is 6.68. The summed E-state index contributed by atoms with van der Waals surface area (Å²) in [6.07, 6.45) is -4.33. The number of rotatable bonds is 15. The van der Waals surface area contributed by atoms with Crippen LogP contribution in [0.2, 0.25) is 0 Å². The molecule has 5 amide bonds. The molecule has 0 bridgehead atoms. The number of benzene rings is 2. The van der Waals surface area contributed by atoms with Crippen LogP contribution in [0.4, 0.5) is 18.9 Å². The smallest absolute Gasteiger partial charge is 0.416 e. The molecule has 18 heteroatoms. The van der Waals surface area contributed by atoms with E-state index in [1.807, 2.05) is 0 Å². The molecule has 1 aromatic heterocycles. The predicted octanol–water partition coefficient (Wildman–Crippen LogP) is 1.70.